The molecule has 0 aromatic heterocycles. The van der Waals surface area contributed by atoms with Gasteiger partial charge in [-0.1, -0.05) is 54.6 Å². The lowest BCUT2D eigenvalue weighted by Crippen LogP contribution is -2.43. The molecule has 0 spiro atoms. The molecule has 1 unspecified atom stereocenters. The number of benzene rings is 3. The second kappa shape index (κ2) is 7.12. The van der Waals surface area contributed by atoms with E-state index >= 15 is 0 Å². The van der Waals surface area contributed by atoms with Crippen LogP contribution in [0.5, 0.6) is 17.2 Å². The Morgan fingerprint density at radius 3 is 1.76 bits per heavy atom. The summed E-state index contributed by atoms with van der Waals surface area (Å²) in [4.78, 5) is 0. The standard InChI is InChI=1S/C25H26O4/c1-24(2,25(3)16-28-25)29-22-15-9-6-12-19(22)23(17-10-4-7-13-20(17)26)18-11-5-8-14-21(18)27/h4-15,23,26-27H,16H2,1-3H3. The molecule has 3 aromatic rings. The van der Waals surface area contributed by atoms with Crippen molar-refractivity contribution in [2.24, 2.45) is 0 Å². The van der Waals surface area contributed by atoms with E-state index in [-0.39, 0.29) is 17.1 Å². The first kappa shape index (κ1) is 19.3. The minimum Gasteiger partial charge on any atom is -0.508 e. The number of ether oxygens (including phenoxy) is 2. The molecule has 0 saturated carbocycles. The summed E-state index contributed by atoms with van der Waals surface area (Å²) >= 11 is 0. The van der Waals surface area contributed by atoms with Gasteiger partial charge in [0, 0.05) is 22.6 Å². The highest BCUT2D eigenvalue weighted by molar-refractivity contribution is 5.55. The maximum Gasteiger partial charge on any atom is 0.134 e. The van der Waals surface area contributed by atoms with Crippen molar-refractivity contribution in [2.75, 3.05) is 6.61 Å². The average molecular weight is 390 g/mol. The van der Waals surface area contributed by atoms with E-state index in [2.05, 4.69) is 0 Å². The fraction of sp³-hybridized carbons (Fsp3) is 0.280. The third kappa shape index (κ3) is 3.56. The fourth-order valence-corrected chi connectivity index (χ4v) is 3.62. The van der Waals surface area contributed by atoms with Gasteiger partial charge in [0.2, 0.25) is 0 Å². The quantitative estimate of drug-likeness (QED) is 0.447. The van der Waals surface area contributed by atoms with E-state index in [4.69, 9.17) is 9.47 Å². The maximum absolute atomic E-state index is 10.6. The first-order valence-electron chi connectivity index (χ1n) is 9.80. The van der Waals surface area contributed by atoms with Crippen molar-refractivity contribution < 1.29 is 19.7 Å². The molecule has 1 saturated heterocycles. The zero-order valence-electron chi connectivity index (χ0n) is 16.9. The van der Waals surface area contributed by atoms with Crippen LogP contribution in [0.3, 0.4) is 0 Å². The van der Waals surface area contributed by atoms with Crippen molar-refractivity contribution in [1.29, 1.82) is 0 Å². The lowest BCUT2D eigenvalue weighted by molar-refractivity contribution is 0.0259. The summed E-state index contributed by atoms with van der Waals surface area (Å²) in [6, 6.07) is 22.2. The Hall–Kier alpha value is -2.98. The Balaban J connectivity index is 1.87. The molecule has 0 radical (unpaired) electrons. The van der Waals surface area contributed by atoms with E-state index in [9.17, 15) is 10.2 Å². The molecule has 1 atom stereocenters. The number of hydrogen-bond acceptors (Lipinski definition) is 4. The predicted octanol–water partition coefficient (Wildman–Crippen LogP) is 5.22. The first-order chi connectivity index (χ1) is 13.8. The van der Waals surface area contributed by atoms with Gasteiger partial charge in [0.25, 0.3) is 0 Å². The van der Waals surface area contributed by atoms with Crippen molar-refractivity contribution in [3.05, 3.63) is 89.5 Å². The zero-order valence-corrected chi connectivity index (χ0v) is 16.9. The Morgan fingerprint density at radius 1 is 0.828 bits per heavy atom. The summed E-state index contributed by atoms with van der Waals surface area (Å²) in [6.07, 6.45) is 0. The summed E-state index contributed by atoms with van der Waals surface area (Å²) in [5, 5.41) is 21.2. The van der Waals surface area contributed by atoms with Crippen molar-refractivity contribution in [2.45, 2.75) is 37.9 Å². The van der Waals surface area contributed by atoms with Crippen LogP contribution < -0.4 is 4.74 Å². The van der Waals surface area contributed by atoms with Crippen molar-refractivity contribution in [3.8, 4) is 17.2 Å². The molecule has 1 aliphatic heterocycles. The van der Waals surface area contributed by atoms with Gasteiger partial charge in [-0.25, -0.2) is 0 Å². The van der Waals surface area contributed by atoms with E-state index in [1.807, 2.05) is 69.3 Å². The molecule has 4 nitrogen and oxygen atoms in total. The van der Waals surface area contributed by atoms with Crippen LogP contribution in [0.1, 0.15) is 43.4 Å². The van der Waals surface area contributed by atoms with E-state index in [1.54, 1.807) is 24.3 Å². The van der Waals surface area contributed by atoms with Crippen LogP contribution in [0.4, 0.5) is 0 Å². The second-order valence-electron chi connectivity index (χ2n) is 8.22. The van der Waals surface area contributed by atoms with Crippen LogP contribution in [0, 0.1) is 0 Å². The van der Waals surface area contributed by atoms with Crippen LogP contribution in [-0.2, 0) is 4.74 Å². The molecule has 0 bridgehead atoms. The second-order valence-corrected chi connectivity index (χ2v) is 8.22. The smallest absolute Gasteiger partial charge is 0.134 e. The molecule has 4 rings (SSSR count). The minimum atomic E-state index is -0.537. The van der Waals surface area contributed by atoms with Gasteiger partial charge in [0.1, 0.15) is 28.5 Å². The monoisotopic (exact) mass is 390 g/mol. The predicted molar refractivity (Wildman–Crippen MR) is 113 cm³/mol. The molecular weight excluding hydrogens is 364 g/mol. The van der Waals surface area contributed by atoms with Crippen LogP contribution >= 0.6 is 0 Å². The van der Waals surface area contributed by atoms with Crippen molar-refractivity contribution in [1.82, 2.24) is 0 Å². The van der Waals surface area contributed by atoms with Crippen LogP contribution in [0.2, 0.25) is 0 Å². The van der Waals surface area contributed by atoms with Gasteiger partial charge >= 0.3 is 0 Å². The normalized spacial score (nSPS) is 18.6. The van der Waals surface area contributed by atoms with Crippen molar-refractivity contribution >= 4 is 0 Å². The molecule has 4 heteroatoms. The Morgan fingerprint density at radius 2 is 1.28 bits per heavy atom. The summed E-state index contributed by atoms with van der Waals surface area (Å²) in [7, 11) is 0. The lowest BCUT2D eigenvalue weighted by atomic mass is 9.83. The highest BCUT2D eigenvalue weighted by atomic mass is 16.6. The maximum atomic E-state index is 10.6. The van der Waals surface area contributed by atoms with Crippen LogP contribution in [-0.4, -0.2) is 28.0 Å². The van der Waals surface area contributed by atoms with Gasteiger partial charge in [-0.3, -0.25) is 0 Å². The van der Waals surface area contributed by atoms with E-state index in [0.717, 1.165) is 5.56 Å². The Bertz CT molecular complexity index is 975. The Labute approximate surface area is 171 Å². The number of aromatic hydroxyl groups is 2. The number of phenolic OH excluding ortho intramolecular Hbond substituents is 2. The van der Waals surface area contributed by atoms with Gasteiger partial charge in [-0.15, -0.1) is 0 Å². The fourth-order valence-electron chi connectivity index (χ4n) is 3.62. The summed E-state index contributed by atoms with van der Waals surface area (Å²) in [6.45, 7) is 6.74. The third-order valence-corrected chi connectivity index (χ3v) is 5.94. The summed E-state index contributed by atoms with van der Waals surface area (Å²) < 4.78 is 12.1. The third-order valence-electron chi connectivity index (χ3n) is 5.94. The molecule has 2 N–H and O–H groups in total. The molecular formula is C25H26O4. The number of epoxide rings is 1. The molecule has 1 aliphatic rings. The van der Waals surface area contributed by atoms with Gasteiger partial charge < -0.3 is 19.7 Å². The van der Waals surface area contributed by atoms with Crippen molar-refractivity contribution in [3.63, 3.8) is 0 Å². The molecule has 3 aromatic carbocycles. The van der Waals surface area contributed by atoms with Crippen LogP contribution in [0.25, 0.3) is 0 Å². The molecule has 150 valence electrons. The SMILES string of the molecule is CC(C)(Oc1ccccc1C(c1ccccc1O)c1ccccc1O)C1(C)CO1. The van der Waals surface area contributed by atoms with Gasteiger partial charge in [0.15, 0.2) is 0 Å². The van der Waals surface area contributed by atoms with Gasteiger partial charge in [0.05, 0.1) is 6.61 Å². The highest BCUT2D eigenvalue weighted by Crippen LogP contribution is 2.46. The molecule has 0 aliphatic carbocycles. The van der Waals surface area contributed by atoms with E-state index < -0.39 is 11.5 Å². The minimum absolute atomic E-state index is 0.173. The average Bonchev–Trinajstić information content (AvgIpc) is 3.45. The molecule has 1 fully saturated rings. The Kier molecular flexibility index (Phi) is 4.75. The zero-order chi connectivity index (χ0) is 20.6. The van der Waals surface area contributed by atoms with E-state index in [1.165, 1.54) is 0 Å². The first-order valence-corrected chi connectivity index (χ1v) is 9.80. The van der Waals surface area contributed by atoms with Gasteiger partial charge in [-0.2, -0.15) is 0 Å². The molecule has 0 amide bonds. The largest absolute Gasteiger partial charge is 0.508 e. The highest BCUT2D eigenvalue weighted by Gasteiger charge is 2.55. The summed E-state index contributed by atoms with van der Waals surface area (Å²) in [5.41, 5.74) is 1.41. The number of hydrogen-bond donors (Lipinski definition) is 2. The lowest BCUT2D eigenvalue weighted by Gasteiger charge is -2.33. The number of phenols is 2. The van der Waals surface area contributed by atoms with Crippen LogP contribution in [0.15, 0.2) is 72.8 Å². The summed E-state index contributed by atoms with van der Waals surface area (Å²) in [5.74, 6) is 0.655. The number of para-hydroxylation sites is 3. The van der Waals surface area contributed by atoms with E-state index in [0.29, 0.717) is 23.5 Å². The number of rotatable bonds is 6. The topological polar surface area (TPSA) is 62.2 Å². The molecule has 1 heterocycles. The molecule has 29 heavy (non-hydrogen) atoms. The van der Waals surface area contributed by atoms with Gasteiger partial charge in [-0.05, 0) is 39.0 Å².